The first-order chi connectivity index (χ1) is 8.11. The summed E-state index contributed by atoms with van der Waals surface area (Å²) in [6.45, 7) is 5.39. The molecule has 0 saturated carbocycles. The van der Waals surface area contributed by atoms with Gasteiger partial charge in [0.2, 0.25) is 5.91 Å². The van der Waals surface area contributed by atoms with Crippen molar-refractivity contribution in [3.05, 3.63) is 16.1 Å². The highest BCUT2D eigenvalue weighted by molar-refractivity contribution is 7.11. The van der Waals surface area contributed by atoms with E-state index in [-0.39, 0.29) is 11.9 Å². The Labute approximate surface area is 106 Å². The van der Waals surface area contributed by atoms with Crippen LogP contribution >= 0.6 is 11.3 Å². The number of ether oxygens (including phenoxy) is 1. The van der Waals surface area contributed by atoms with Crippen LogP contribution in [0.2, 0.25) is 0 Å². The summed E-state index contributed by atoms with van der Waals surface area (Å²) < 4.78 is 4.94. The molecule has 0 bridgehead atoms. The van der Waals surface area contributed by atoms with Gasteiger partial charge in [0.15, 0.2) is 0 Å². The Bertz CT molecular complexity index is 354. The summed E-state index contributed by atoms with van der Waals surface area (Å²) in [5, 5.41) is 6.96. The van der Waals surface area contributed by atoms with Crippen LogP contribution in [0.3, 0.4) is 0 Å². The second-order valence-corrected chi connectivity index (χ2v) is 5.19. The average molecular weight is 257 g/mol. The first kappa shape index (κ1) is 14.1. The van der Waals surface area contributed by atoms with Crippen molar-refractivity contribution in [1.82, 2.24) is 15.6 Å². The highest BCUT2D eigenvalue weighted by Crippen LogP contribution is 2.10. The van der Waals surface area contributed by atoms with Gasteiger partial charge in [0, 0.05) is 30.8 Å². The van der Waals surface area contributed by atoms with Gasteiger partial charge in [-0.3, -0.25) is 4.79 Å². The molecule has 5 nitrogen and oxygen atoms in total. The number of hydrogen-bond donors (Lipinski definition) is 2. The average Bonchev–Trinajstić information content (AvgIpc) is 2.64. The number of aryl methyl sites for hydroxylation is 1. The Morgan fingerprint density at radius 1 is 1.65 bits per heavy atom. The van der Waals surface area contributed by atoms with Crippen LogP contribution in [0, 0.1) is 6.92 Å². The number of aromatic nitrogens is 1. The zero-order chi connectivity index (χ0) is 12.7. The summed E-state index contributed by atoms with van der Waals surface area (Å²) in [5.41, 5.74) is 0. The van der Waals surface area contributed by atoms with Gasteiger partial charge in [-0.15, -0.1) is 11.3 Å². The lowest BCUT2D eigenvalue weighted by atomic mass is 10.3. The number of carbonyl (C=O) groups is 1. The number of thiazole rings is 1. The standard InChI is InChI=1S/C11H19N3O2S/c1-8(7-16-3)14-11(15)6-12-4-10-5-13-9(2)17-10/h5,8,12H,4,6-7H2,1-3H3,(H,14,15). The zero-order valence-corrected chi connectivity index (χ0v) is 11.3. The highest BCUT2D eigenvalue weighted by Gasteiger charge is 2.06. The van der Waals surface area contributed by atoms with Gasteiger partial charge < -0.3 is 15.4 Å². The second kappa shape index (κ2) is 7.37. The van der Waals surface area contributed by atoms with Crippen molar-refractivity contribution in [1.29, 1.82) is 0 Å². The van der Waals surface area contributed by atoms with Gasteiger partial charge >= 0.3 is 0 Å². The van der Waals surface area contributed by atoms with Crippen LogP contribution in [0.4, 0.5) is 0 Å². The van der Waals surface area contributed by atoms with Crippen molar-refractivity contribution < 1.29 is 9.53 Å². The second-order valence-electron chi connectivity index (χ2n) is 3.87. The van der Waals surface area contributed by atoms with Crippen molar-refractivity contribution in [3.8, 4) is 0 Å². The monoisotopic (exact) mass is 257 g/mol. The van der Waals surface area contributed by atoms with Crippen LogP contribution in [0.15, 0.2) is 6.20 Å². The van der Waals surface area contributed by atoms with Gasteiger partial charge in [-0.2, -0.15) is 0 Å². The predicted molar refractivity (Wildman–Crippen MR) is 68.0 cm³/mol. The van der Waals surface area contributed by atoms with E-state index in [9.17, 15) is 4.79 Å². The fraction of sp³-hybridized carbons (Fsp3) is 0.636. The molecule has 0 aliphatic rings. The molecule has 1 aromatic rings. The Hall–Kier alpha value is -0.980. The molecule has 1 amide bonds. The summed E-state index contributed by atoms with van der Waals surface area (Å²) in [4.78, 5) is 16.8. The van der Waals surface area contributed by atoms with E-state index in [1.165, 1.54) is 0 Å². The SMILES string of the molecule is COCC(C)NC(=O)CNCc1cnc(C)s1. The lowest BCUT2D eigenvalue weighted by Gasteiger charge is -2.12. The van der Waals surface area contributed by atoms with Crippen molar-refractivity contribution in [2.24, 2.45) is 0 Å². The maximum atomic E-state index is 11.5. The van der Waals surface area contributed by atoms with Crippen molar-refractivity contribution in [3.63, 3.8) is 0 Å². The largest absolute Gasteiger partial charge is 0.383 e. The van der Waals surface area contributed by atoms with E-state index in [1.807, 2.05) is 20.0 Å². The quantitative estimate of drug-likeness (QED) is 0.754. The van der Waals surface area contributed by atoms with Crippen LogP contribution < -0.4 is 10.6 Å². The molecule has 0 aliphatic carbocycles. The molecule has 0 saturated heterocycles. The maximum absolute atomic E-state index is 11.5. The number of methoxy groups -OCH3 is 1. The lowest BCUT2D eigenvalue weighted by Crippen LogP contribution is -2.40. The lowest BCUT2D eigenvalue weighted by molar-refractivity contribution is -0.121. The van der Waals surface area contributed by atoms with E-state index in [2.05, 4.69) is 15.6 Å². The molecule has 0 spiro atoms. The molecule has 1 rings (SSSR count). The van der Waals surface area contributed by atoms with Gasteiger partial charge in [0.05, 0.1) is 18.2 Å². The summed E-state index contributed by atoms with van der Waals surface area (Å²) in [5.74, 6) is -0.0178. The van der Waals surface area contributed by atoms with Gasteiger partial charge in [0.1, 0.15) is 0 Å². The summed E-state index contributed by atoms with van der Waals surface area (Å²) in [6.07, 6.45) is 1.83. The molecule has 0 aromatic carbocycles. The number of nitrogens with one attached hydrogen (secondary N) is 2. The number of nitrogens with zero attached hydrogens (tertiary/aromatic N) is 1. The number of carbonyl (C=O) groups excluding carboxylic acids is 1. The molecule has 6 heteroatoms. The minimum Gasteiger partial charge on any atom is -0.383 e. The maximum Gasteiger partial charge on any atom is 0.234 e. The third kappa shape index (κ3) is 5.76. The number of amides is 1. The van der Waals surface area contributed by atoms with Crippen LogP contribution in [-0.2, 0) is 16.1 Å². The van der Waals surface area contributed by atoms with E-state index in [1.54, 1.807) is 18.4 Å². The van der Waals surface area contributed by atoms with Gasteiger partial charge in [0.25, 0.3) is 0 Å². The van der Waals surface area contributed by atoms with Crippen molar-refractivity contribution >= 4 is 17.2 Å². The van der Waals surface area contributed by atoms with E-state index >= 15 is 0 Å². The predicted octanol–water partition coefficient (Wildman–Crippen LogP) is 0.692. The molecule has 0 fully saturated rings. The van der Waals surface area contributed by atoms with Crippen molar-refractivity contribution in [2.45, 2.75) is 26.4 Å². The molecule has 17 heavy (non-hydrogen) atoms. The fourth-order valence-electron chi connectivity index (χ4n) is 1.40. The molecule has 1 atom stereocenters. The normalized spacial score (nSPS) is 12.4. The third-order valence-electron chi connectivity index (χ3n) is 2.08. The minimum atomic E-state index is -0.0178. The molecular weight excluding hydrogens is 238 g/mol. The molecule has 0 radical (unpaired) electrons. The van der Waals surface area contributed by atoms with Crippen LogP contribution in [0.1, 0.15) is 16.8 Å². The smallest absolute Gasteiger partial charge is 0.234 e. The van der Waals surface area contributed by atoms with E-state index in [4.69, 9.17) is 4.74 Å². The molecule has 96 valence electrons. The topological polar surface area (TPSA) is 63.2 Å². The van der Waals surface area contributed by atoms with E-state index in [0.29, 0.717) is 19.7 Å². The molecule has 0 aliphatic heterocycles. The van der Waals surface area contributed by atoms with Gasteiger partial charge in [-0.25, -0.2) is 4.98 Å². The third-order valence-corrected chi connectivity index (χ3v) is 2.99. The number of rotatable bonds is 7. The van der Waals surface area contributed by atoms with Crippen LogP contribution in [0.25, 0.3) is 0 Å². The molecule has 1 heterocycles. The summed E-state index contributed by atoms with van der Waals surface area (Å²) in [6, 6.07) is 0.0416. The van der Waals surface area contributed by atoms with E-state index in [0.717, 1.165) is 9.88 Å². The van der Waals surface area contributed by atoms with Gasteiger partial charge in [-0.1, -0.05) is 0 Å². The molecule has 1 aromatic heterocycles. The van der Waals surface area contributed by atoms with E-state index < -0.39 is 0 Å². The fourth-order valence-corrected chi connectivity index (χ4v) is 2.17. The first-order valence-electron chi connectivity index (χ1n) is 5.52. The molecular formula is C11H19N3O2S. The Morgan fingerprint density at radius 2 is 2.41 bits per heavy atom. The molecule has 2 N–H and O–H groups in total. The Morgan fingerprint density at radius 3 is 3.00 bits per heavy atom. The zero-order valence-electron chi connectivity index (χ0n) is 10.4. The summed E-state index contributed by atoms with van der Waals surface area (Å²) in [7, 11) is 1.62. The van der Waals surface area contributed by atoms with Crippen LogP contribution in [-0.4, -0.2) is 37.2 Å². The first-order valence-corrected chi connectivity index (χ1v) is 6.33. The molecule has 1 unspecified atom stereocenters. The van der Waals surface area contributed by atoms with Crippen LogP contribution in [0.5, 0.6) is 0 Å². The Balaban J connectivity index is 2.16. The number of hydrogen-bond acceptors (Lipinski definition) is 5. The highest BCUT2D eigenvalue weighted by atomic mass is 32.1. The summed E-state index contributed by atoms with van der Waals surface area (Å²) >= 11 is 1.64. The van der Waals surface area contributed by atoms with Crippen molar-refractivity contribution in [2.75, 3.05) is 20.3 Å². The van der Waals surface area contributed by atoms with Gasteiger partial charge in [-0.05, 0) is 13.8 Å². The Kier molecular flexibility index (Phi) is 6.10. The minimum absolute atomic E-state index is 0.0178.